The smallest absolute Gasteiger partial charge is 0.550 e. The van der Waals surface area contributed by atoms with E-state index in [9.17, 15) is 14.7 Å². The second kappa shape index (κ2) is 15.8. The summed E-state index contributed by atoms with van der Waals surface area (Å²) in [5.41, 5.74) is 0. The fourth-order valence-electron chi connectivity index (χ4n) is 2.66. The van der Waals surface area contributed by atoms with Gasteiger partial charge in [0, 0.05) is 25.0 Å². The zero-order valence-electron chi connectivity index (χ0n) is 15.0. The fourth-order valence-corrected chi connectivity index (χ4v) is 2.66. The number of rotatable bonds is 13. The number of carbonyl (C=O) groups is 2. The number of carboxylic acid groups (broad SMARTS) is 1. The molecule has 0 rings (SSSR count). The van der Waals surface area contributed by atoms with Gasteiger partial charge in [-0.25, -0.2) is 0 Å². The number of hydrogen-bond donors (Lipinski definition) is 0. The molecule has 0 aliphatic rings. The third-order valence-electron chi connectivity index (χ3n) is 3.99. The summed E-state index contributed by atoms with van der Waals surface area (Å²) in [5, 5.41) is 10.8. The summed E-state index contributed by atoms with van der Waals surface area (Å²) in [6, 6.07) is 0. The van der Waals surface area contributed by atoms with Gasteiger partial charge in [0.1, 0.15) is 0 Å². The van der Waals surface area contributed by atoms with Crippen molar-refractivity contribution in [1.82, 2.24) is 4.90 Å². The number of amides is 1. The number of carboxylic acids is 1. The van der Waals surface area contributed by atoms with Gasteiger partial charge in [0.2, 0.25) is 5.91 Å². The molecule has 0 saturated heterocycles. The van der Waals surface area contributed by atoms with Crippen molar-refractivity contribution in [3.8, 4) is 0 Å². The summed E-state index contributed by atoms with van der Waals surface area (Å²) >= 11 is 0. The minimum atomic E-state index is -1.12. The van der Waals surface area contributed by atoms with Gasteiger partial charge < -0.3 is 14.8 Å². The van der Waals surface area contributed by atoms with Crippen molar-refractivity contribution < 1.29 is 44.3 Å². The second-order valence-electron chi connectivity index (χ2n) is 5.69. The summed E-state index contributed by atoms with van der Waals surface area (Å²) in [6.07, 6.45) is 8.75. The van der Waals surface area contributed by atoms with Gasteiger partial charge >= 0.3 is 29.6 Å². The van der Waals surface area contributed by atoms with E-state index in [-0.39, 0.29) is 41.9 Å². The summed E-state index contributed by atoms with van der Waals surface area (Å²) in [6.45, 7) is 7.31. The molecule has 0 radical (unpaired) electrons. The minimum absolute atomic E-state index is 0. The van der Waals surface area contributed by atoms with Crippen LogP contribution in [0.15, 0.2) is 0 Å². The Hall–Kier alpha value is -0.0600. The number of aliphatic carboxylic acids is 1. The van der Waals surface area contributed by atoms with E-state index >= 15 is 0 Å². The Morgan fingerprint density at radius 2 is 1.41 bits per heavy atom. The molecule has 1 amide bonds. The van der Waals surface area contributed by atoms with Gasteiger partial charge in [0.25, 0.3) is 0 Å². The normalized spacial score (nSPS) is 11.6. The van der Waals surface area contributed by atoms with Crippen LogP contribution in [0.2, 0.25) is 0 Å². The molecule has 5 heteroatoms. The Labute approximate surface area is 158 Å². The van der Waals surface area contributed by atoms with E-state index in [1.165, 1.54) is 32.1 Å². The van der Waals surface area contributed by atoms with E-state index < -0.39 is 11.9 Å². The zero-order valence-corrected chi connectivity index (χ0v) is 17.0. The first-order valence-electron chi connectivity index (χ1n) is 8.55. The molecule has 0 aromatic rings. The molecule has 0 heterocycles. The van der Waals surface area contributed by atoms with Crippen LogP contribution >= 0.6 is 0 Å². The zero-order chi connectivity index (χ0) is 16.1. The first kappa shape index (κ1) is 24.2. The Bertz CT molecular complexity index is 294. The molecule has 0 aromatic heterocycles. The average molecular weight is 321 g/mol. The van der Waals surface area contributed by atoms with Crippen molar-refractivity contribution in [3.63, 3.8) is 0 Å². The van der Waals surface area contributed by atoms with Gasteiger partial charge in [0.05, 0.1) is 0 Å². The molecule has 0 N–H and O–H groups in total. The first-order valence-corrected chi connectivity index (χ1v) is 8.55. The van der Waals surface area contributed by atoms with Crippen molar-refractivity contribution in [2.24, 2.45) is 5.92 Å². The van der Waals surface area contributed by atoms with Crippen LogP contribution in [0.4, 0.5) is 0 Å². The van der Waals surface area contributed by atoms with Crippen molar-refractivity contribution in [2.45, 2.75) is 78.6 Å². The molecule has 124 valence electrons. The Kier molecular flexibility index (Phi) is 17.4. The Morgan fingerprint density at radius 3 is 1.86 bits per heavy atom. The topological polar surface area (TPSA) is 60.4 Å². The monoisotopic (exact) mass is 321 g/mol. The molecule has 1 unspecified atom stereocenters. The number of hydrogen-bond acceptors (Lipinski definition) is 3. The Balaban J connectivity index is 0. The SMILES string of the molecule is CCCCCCCCCC(CC(=O)[O-])C(=O)N(CC)CC.[Na+]. The van der Waals surface area contributed by atoms with Gasteiger partial charge in [0.15, 0.2) is 0 Å². The Morgan fingerprint density at radius 1 is 0.909 bits per heavy atom. The average Bonchev–Trinajstić information content (AvgIpc) is 2.45. The number of unbranched alkanes of at least 4 members (excludes halogenated alkanes) is 6. The quantitative estimate of drug-likeness (QED) is 0.347. The second-order valence-corrected chi connectivity index (χ2v) is 5.69. The largest absolute Gasteiger partial charge is 1.00 e. The molecule has 4 nitrogen and oxygen atoms in total. The molecule has 0 fully saturated rings. The van der Waals surface area contributed by atoms with Crippen LogP contribution in [0.5, 0.6) is 0 Å². The first-order chi connectivity index (χ1) is 10.1. The van der Waals surface area contributed by atoms with E-state index in [1.54, 1.807) is 4.90 Å². The predicted octanol–water partition coefficient (Wildman–Crippen LogP) is -0.244. The van der Waals surface area contributed by atoms with Crippen molar-refractivity contribution in [1.29, 1.82) is 0 Å². The summed E-state index contributed by atoms with van der Waals surface area (Å²) < 4.78 is 0. The number of carbonyl (C=O) groups excluding carboxylic acids is 2. The summed E-state index contributed by atoms with van der Waals surface area (Å²) in [4.78, 5) is 24.8. The minimum Gasteiger partial charge on any atom is -0.550 e. The van der Waals surface area contributed by atoms with Gasteiger partial charge in [-0.05, 0) is 26.7 Å². The van der Waals surface area contributed by atoms with Crippen molar-refractivity contribution >= 4 is 11.9 Å². The molecule has 0 bridgehead atoms. The molecule has 1 atom stereocenters. The third-order valence-corrected chi connectivity index (χ3v) is 3.99. The van der Waals surface area contributed by atoms with Crippen molar-refractivity contribution in [3.05, 3.63) is 0 Å². The van der Waals surface area contributed by atoms with Gasteiger partial charge in [-0.1, -0.05) is 51.9 Å². The molecule has 0 aliphatic heterocycles. The summed E-state index contributed by atoms with van der Waals surface area (Å²) in [7, 11) is 0. The molecule has 22 heavy (non-hydrogen) atoms. The summed E-state index contributed by atoms with van der Waals surface area (Å²) in [5.74, 6) is -1.57. The maximum atomic E-state index is 12.3. The van der Waals surface area contributed by atoms with Crippen LogP contribution in [0.1, 0.15) is 78.6 Å². The van der Waals surface area contributed by atoms with E-state index in [0.717, 1.165) is 12.8 Å². The van der Waals surface area contributed by atoms with Crippen LogP contribution in [-0.2, 0) is 9.59 Å². The molecule has 0 aliphatic carbocycles. The maximum Gasteiger partial charge on any atom is 1.00 e. The van der Waals surface area contributed by atoms with Crippen molar-refractivity contribution in [2.75, 3.05) is 13.1 Å². The van der Waals surface area contributed by atoms with Crippen LogP contribution in [-0.4, -0.2) is 29.9 Å². The van der Waals surface area contributed by atoms with Crippen LogP contribution in [0, 0.1) is 5.92 Å². The standard InChI is InChI=1S/C17H33NO3.Na/c1-4-7-8-9-10-11-12-13-15(14-16(19)20)17(21)18(5-2)6-3;/h15H,4-14H2,1-3H3,(H,19,20);/q;+1/p-1. The van der Waals surface area contributed by atoms with Gasteiger partial charge in [-0.15, -0.1) is 0 Å². The fraction of sp³-hybridized carbons (Fsp3) is 0.882. The van der Waals surface area contributed by atoms with Crippen LogP contribution in [0.25, 0.3) is 0 Å². The van der Waals surface area contributed by atoms with Crippen LogP contribution < -0.4 is 34.7 Å². The molecular weight excluding hydrogens is 289 g/mol. The van der Waals surface area contributed by atoms with E-state index in [2.05, 4.69) is 6.92 Å². The van der Waals surface area contributed by atoms with Crippen LogP contribution in [0.3, 0.4) is 0 Å². The third kappa shape index (κ3) is 11.5. The molecule has 0 aromatic carbocycles. The molecule has 0 saturated carbocycles. The van der Waals surface area contributed by atoms with E-state index in [4.69, 9.17) is 0 Å². The predicted molar refractivity (Wildman–Crippen MR) is 83.7 cm³/mol. The number of nitrogens with zero attached hydrogens (tertiary/aromatic N) is 1. The van der Waals surface area contributed by atoms with E-state index in [0.29, 0.717) is 19.5 Å². The van der Waals surface area contributed by atoms with Gasteiger partial charge in [-0.2, -0.15) is 0 Å². The van der Waals surface area contributed by atoms with E-state index in [1.807, 2.05) is 13.8 Å². The molecule has 0 spiro atoms. The van der Waals surface area contributed by atoms with Gasteiger partial charge in [-0.3, -0.25) is 4.79 Å². The maximum absolute atomic E-state index is 12.3. The molecular formula is C17H32NNaO3.